The summed E-state index contributed by atoms with van der Waals surface area (Å²) in [6.07, 6.45) is 4.02. The molecule has 3 aromatic rings. The highest BCUT2D eigenvalue weighted by Gasteiger charge is 2.26. The van der Waals surface area contributed by atoms with Gasteiger partial charge in [0.1, 0.15) is 23.6 Å². The van der Waals surface area contributed by atoms with E-state index in [0.29, 0.717) is 12.2 Å². The molecule has 0 saturated heterocycles. The van der Waals surface area contributed by atoms with Crippen LogP contribution in [0.4, 0.5) is 17.1 Å². The Morgan fingerprint density at radius 3 is 2.32 bits per heavy atom. The molecule has 3 heterocycles. The number of nitrogens with zero attached hydrogens (tertiary/aromatic N) is 7. The number of aryl methyl sites for hydroxylation is 2. The van der Waals surface area contributed by atoms with Crippen LogP contribution in [-0.4, -0.2) is 46.1 Å². The highest BCUT2D eigenvalue weighted by atomic mass is 16.6. The predicted molar refractivity (Wildman–Crippen MR) is 111 cm³/mol. The van der Waals surface area contributed by atoms with E-state index in [4.69, 9.17) is 0 Å². The molecule has 1 atom stereocenters. The number of amides is 2. The van der Waals surface area contributed by atoms with Gasteiger partial charge in [0.25, 0.3) is 5.91 Å². The van der Waals surface area contributed by atoms with E-state index in [2.05, 4.69) is 25.9 Å². The van der Waals surface area contributed by atoms with Crippen molar-refractivity contribution in [3.8, 4) is 0 Å². The first kappa shape index (κ1) is 21.7. The Morgan fingerprint density at radius 2 is 1.77 bits per heavy atom. The SMILES string of the molecule is CCn1ncc(NC(=O)C(C)n2ncc([N+](=O)[O-])c2C)c1C(=O)Nc1cnn(C)c1C. The minimum absolute atomic E-state index is 0.175. The maximum Gasteiger partial charge on any atom is 0.309 e. The molecule has 13 heteroatoms. The molecule has 164 valence electrons. The maximum absolute atomic E-state index is 12.9. The van der Waals surface area contributed by atoms with Crippen LogP contribution in [0.3, 0.4) is 0 Å². The van der Waals surface area contributed by atoms with Gasteiger partial charge in [-0.25, -0.2) is 0 Å². The average Bonchev–Trinajstić information content (AvgIpc) is 3.40. The molecule has 0 spiro atoms. The standard InChI is InChI=1S/C18H23N9O4/c1-6-25-16(18(29)22-13-7-19-24(5)10(13)2)14(8-20-25)23-17(28)12(4)26-11(3)15(9-21-26)27(30)31/h7-9,12H,6H2,1-5H3,(H,22,29)(H,23,28). The summed E-state index contributed by atoms with van der Waals surface area (Å²) in [6, 6.07) is -0.852. The van der Waals surface area contributed by atoms with E-state index < -0.39 is 22.8 Å². The fraction of sp³-hybridized carbons (Fsp3) is 0.389. The van der Waals surface area contributed by atoms with E-state index >= 15 is 0 Å². The highest BCUT2D eigenvalue weighted by molar-refractivity contribution is 6.09. The third-order valence-electron chi connectivity index (χ3n) is 5.06. The molecule has 2 N–H and O–H groups in total. The molecular formula is C18H23N9O4. The number of aromatic nitrogens is 6. The Labute approximate surface area is 177 Å². The first-order valence-electron chi connectivity index (χ1n) is 9.50. The van der Waals surface area contributed by atoms with Gasteiger partial charge < -0.3 is 10.6 Å². The Morgan fingerprint density at radius 1 is 1.10 bits per heavy atom. The van der Waals surface area contributed by atoms with Gasteiger partial charge >= 0.3 is 5.69 Å². The Kier molecular flexibility index (Phi) is 5.86. The van der Waals surface area contributed by atoms with Crippen molar-refractivity contribution in [1.29, 1.82) is 0 Å². The normalized spacial score (nSPS) is 11.9. The molecule has 3 rings (SSSR count). The van der Waals surface area contributed by atoms with Gasteiger partial charge in [-0.2, -0.15) is 15.3 Å². The minimum Gasteiger partial charge on any atom is -0.321 e. The quantitative estimate of drug-likeness (QED) is 0.428. The van der Waals surface area contributed by atoms with Crippen molar-refractivity contribution in [3.63, 3.8) is 0 Å². The van der Waals surface area contributed by atoms with Crippen LogP contribution in [0.25, 0.3) is 0 Å². The molecule has 0 saturated carbocycles. The number of rotatable bonds is 7. The van der Waals surface area contributed by atoms with Crippen molar-refractivity contribution < 1.29 is 14.5 Å². The van der Waals surface area contributed by atoms with Crippen LogP contribution < -0.4 is 10.6 Å². The van der Waals surface area contributed by atoms with E-state index in [-0.39, 0.29) is 22.8 Å². The molecule has 1 unspecified atom stereocenters. The number of nitrogens with one attached hydrogen (secondary N) is 2. The Balaban J connectivity index is 1.84. The molecule has 0 aliphatic rings. The van der Waals surface area contributed by atoms with Crippen molar-refractivity contribution in [1.82, 2.24) is 29.3 Å². The van der Waals surface area contributed by atoms with E-state index in [1.54, 1.807) is 18.7 Å². The van der Waals surface area contributed by atoms with E-state index in [1.807, 2.05) is 13.8 Å². The summed E-state index contributed by atoms with van der Waals surface area (Å²) in [5, 5.41) is 28.7. The smallest absolute Gasteiger partial charge is 0.309 e. The first-order chi connectivity index (χ1) is 14.6. The zero-order valence-electron chi connectivity index (χ0n) is 17.8. The van der Waals surface area contributed by atoms with Gasteiger partial charge in [-0.1, -0.05) is 0 Å². The molecule has 0 aliphatic carbocycles. The van der Waals surface area contributed by atoms with Gasteiger partial charge in [-0.15, -0.1) is 0 Å². The topological polar surface area (TPSA) is 155 Å². The third-order valence-corrected chi connectivity index (χ3v) is 5.06. The molecule has 0 aliphatic heterocycles. The van der Waals surface area contributed by atoms with Gasteiger partial charge in [0.05, 0.1) is 34.4 Å². The number of carbonyl (C=O) groups excluding carboxylic acids is 2. The molecule has 2 amide bonds. The second-order valence-corrected chi connectivity index (χ2v) is 6.93. The summed E-state index contributed by atoms with van der Waals surface area (Å²) in [7, 11) is 1.76. The fourth-order valence-corrected chi connectivity index (χ4v) is 3.09. The summed E-state index contributed by atoms with van der Waals surface area (Å²) >= 11 is 0. The largest absolute Gasteiger partial charge is 0.321 e. The van der Waals surface area contributed by atoms with Crippen molar-refractivity contribution in [2.75, 3.05) is 10.6 Å². The van der Waals surface area contributed by atoms with Gasteiger partial charge in [-0.3, -0.25) is 33.7 Å². The highest BCUT2D eigenvalue weighted by Crippen LogP contribution is 2.23. The molecule has 3 aromatic heterocycles. The van der Waals surface area contributed by atoms with Crippen molar-refractivity contribution in [2.24, 2.45) is 7.05 Å². The van der Waals surface area contributed by atoms with Crippen LogP contribution in [0.2, 0.25) is 0 Å². The van der Waals surface area contributed by atoms with E-state index in [1.165, 1.54) is 28.7 Å². The van der Waals surface area contributed by atoms with Crippen LogP contribution in [0, 0.1) is 24.0 Å². The molecule has 0 radical (unpaired) electrons. The molecule has 0 bridgehead atoms. The zero-order chi connectivity index (χ0) is 22.9. The number of nitro groups is 1. The summed E-state index contributed by atoms with van der Waals surface area (Å²) < 4.78 is 4.35. The molecule has 0 aromatic carbocycles. The van der Waals surface area contributed by atoms with E-state index in [9.17, 15) is 19.7 Å². The van der Waals surface area contributed by atoms with Crippen molar-refractivity contribution in [2.45, 2.75) is 40.3 Å². The molecule has 31 heavy (non-hydrogen) atoms. The predicted octanol–water partition coefficient (Wildman–Crippen LogP) is 1.81. The Bertz CT molecular complexity index is 1160. The molecule has 13 nitrogen and oxygen atoms in total. The van der Waals surface area contributed by atoms with Crippen LogP contribution in [-0.2, 0) is 18.4 Å². The van der Waals surface area contributed by atoms with Crippen LogP contribution in [0.15, 0.2) is 18.6 Å². The molecule has 0 fully saturated rings. The summed E-state index contributed by atoms with van der Waals surface area (Å²) in [4.78, 5) is 36.2. The maximum atomic E-state index is 12.9. The summed E-state index contributed by atoms with van der Waals surface area (Å²) in [5.74, 6) is -0.951. The monoisotopic (exact) mass is 429 g/mol. The number of anilines is 2. The summed E-state index contributed by atoms with van der Waals surface area (Å²) in [6.45, 7) is 7.11. The lowest BCUT2D eigenvalue weighted by molar-refractivity contribution is -0.385. The molecular weight excluding hydrogens is 406 g/mol. The third kappa shape index (κ3) is 4.01. The second kappa shape index (κ2) is 8.38. The Hall–Kier alpha value is -4.03. The van der Waals surface area contributed by atoms with E-state index in [0.717, 1.165) is 11.9 Å². The van der Waals surface area contributed by atoms with Crippen LogP contribution in [0.5, 0.6) is 0 Å². The lowest BCUT2D eigenvalue weighted by atomic mass is 10.2. The lowest BCUT2D eigenvalue weighted by Gasteiger charge is -2.14. The van der Waals surface area contributed by atoms with Crippen molar-refractivity contribution >= 4 is 28.9 Å². The number of hydrogen-bond acceptors (Lipinski definition) is 7. The van der Waals surface area contributed by atoms with Gasteiger partial charge in [0.15, 0.2) is 0 Å². The number of carbonyl (C=O) groups is 2. The van der Waals surface area contributed by atoms with Gasteiger partial charge in [0, 0.05) is 13.6 Å². The van der Waals surface area contributed by atoms with Crippen molar-refractivity contribution in [3.05, 3.63) is 45.8 Å². The van der Waals surface area contributed by atoms with Crippen LogP contribution >= 0.6 is 0 Å². The second-order valence-electron chi connectivity index (χ2n) is 6.93. The van der Waals surface area contributed by atoms with Gasteiger partial charge in [0.2, 0.25) is 5.91 Å². The van der Waals surface area contributed by atoms with Gasteiger partial charge in [-0.05, 0) is 27.7 Å². The number of hydrogen-bond donors (Lipinski definition) is 2. The average molecular weight is 429 g/mol. The fourth-order valence-electron chi connectivity index (χ4n) is 3.09. The summed E-state index contributed by atoms with van der Waals surface area (Å²) in [5.41, 5.74) is 1.78. The lowest BCUT2D eigenvalue weighted by Crippen LogP contribution is -2.27. The van der Waals surface area contributed by atoms with Crippen LogP contribution in [0.1, 0.15) is 41.8 Å². The minimum atomic E-state index is -0.852. The zero-order valence-corrected chi connectivity index (χ0v) is 17.8. The first-order valence-corrected chi connectivity index (χ1v) is 9.50.